The van der Waals surface area contributed by atoms with E-state index in [1.807, 2.05) is 6.07 Å². The molecule has 2 rings (SSSR count). The van der Waals surface area contributed by atoms with Crippen molar-refractivity contribution in [2.75, 3.05) is 0 Å². The highest BCUT2D eigenvalue weighted by Gasteiger charge is 2.27. The molecular weight excluding hydrogens is 247 g/mol. The second kappa shape index (κ2) is 5.21. The first-order chi connectivity index (χ1) is 8.53. The van der Waals surface area contributed by atoms with E-state index in [1.54, 1.807) is 36.5 Å². The summed E-state index contributed by atoms with van der Waals surface area (Å²) in [5.41, 5.74) is -0.808. The van der Waals surface area contributed by atoms with Crippen LogP contribution in [-0.2, 0) is 18.4 Å². The number of aliphatic hydroxyl groups is 1. The highest BCUT2D eigenvalue weighted by Crippen LogP contribution is 2.30. The average Bonchev–Trinajstić information content (AvgIpc) is 2.76. The standard InChI is InChI=1S/C15H17FOS/c1-3-11-8-9-12(18-11)10-15(2,17)13-6-4-5-7-14(13)16/h4-9,17H,3,10H2,1-2H3. The van der Waals surface area contributed by atoms with Gasteiger partial charge >= 0.3 is 0 Å². The predicted molar refractivity (Wildman–Crippen MR) is 73.4 cm³/mol. The fourth-order valence-corrected chi connectivity index (χ4v) is 3.15. The second-order valence-electron chi connectivity index (χ2n) is 4.65. The maximum absolute atomic E-state index is 13.7. The molecule has 0 radical (unpaired) electrons. The van der Waals surface area contributed by atoms with Gasteiger partial charge in [-0.25, -0.2) is 4.39 Å². The smallest absolute Gasteiger partial charge is 0.129 e. The maximum atomic E-state index is 13.7. The van der Waals surface area contributed by atoms with Gasteiger partial charge in [-0.15, -0.1) is 11.3 Å². The highest BCUT2D eigenvalue weighted by atomic mass is 32.1. The van der Waals surface area contributed by atoms with Crippen LogP contribution in [0.3, 0.4) is 0 Å². The van der Waals surface area contributed by atoms with Crippen molar-refractivity contribution < 1.29 is 9.50 Å². The third-order valence-corrected chi connectivity index (χ3v) is 4.27. The van der Waals surface area contributed by atoms with Crippen LogP contribution in [0.1, 0.15) is 29.2 Å². The summed E-state index contributed by atoms with van der Waals surface area (Å²) < 4.78 is 13.7. The van der Waals surface area contributed by atoms with Gasteiger partial charge in [0.05, 0.1) is 5.60 Å². The van der Waals surface area contributed by atoms with Crippen LogP contribution in [0.4, 0.5) is 4.39 Å². The topological polar surface area (TPSA) is 20.2 Å². The molecule has 3 heteroatoms. The third-order valence-electron chi connectivity index (χ3n) is 3.04. The Hall–Kier alpha value is -1.19. The molecule has 0 fully saturated rings. The van der Waals surface area contributed by atoms with Crippen LogP contribution in [0.2, 0.25) is 0 Å². The Morgan fingerprint density at radius 2 is 1.83 bits per heavy atom. The summed E-state index contributed by atoms with van der Waals surface area (Å²) in [6, 6.07) is 10.5. The zero-order chi connectivity index (χ0) is 13.2. The van der Waals surface area contributed by atoms with Crippen molar-refractivity contribution in [3.05, 3.63) is 57.5 Å². The Bertz CT molecular complexity index is 531. The molecule has 1 aromatic carbocycles. The van der Waals surface area contributed by atoms with Crippen molar-refractivity contribution in [2.45, 2.75) is 32.3 Å². The van der Waals surface area contributed by atoms with Crippen molar-refractivity contribution >= 4 is 11.3 Å². The molecule has 0 saturated carbocycles. The predicted octanol–water partition coefficient (Wildman–Crippen LogP) is 3.90. The van der Waals surface area contributed by atoms with Crippen LogP contribution >= 0.6 is 11.3 Å². The van der Waals surface area contributed by atoms with E-state index in [1.165, 1.54) is 10.9 Å². The van der Waals surface area contributed by atoms with Crippen LogP contribution in [0.15, 0.2) is 36.4 Å². The first kappa shape index (κ1) is 13.2. The van der Waals surface area contributed by atoms with Crippen LogP contribution < -0.4 is 0 Å². The summed E-state index contributed by atoms with van der Waals surface area (Å²) in [5, 5.41) is 10.5. The van der Waals surface area contributed by atoms with E-state index < -0.39 is 5.60 Å². The number of thiophene rings is 1. The Labute approximate surface area is 111 Å². The number of aryl methyl sites for hydroxylation is 1. The first-order valence-electron chi connectivity index (χ1n) is 6.08. The molecule has 0 aliphatic carbocycles. The van der Waals surface area contributed by atoms with Gasteiger partial charge in [-0.05, 0) is 31.5 Å². The monoisotopic (exact) mass is 264 g/mol. The van der Waals surface area contributed by atoms with E-state index in [2.05, 4.69) is 13.0 Å². The van der Waals surface area contributed by atoms with Gasteiger partial charge in [0.2, 0.25) is 0 Å². The van der Waals surface area contributed by atoms with Gasteiger partial charge in [-0.2, -0.15) is 0 Å². The zero-order valence-corrected chi connectivity index (χ0v) is 11.4. The number of benzene rings is 1. The number of hydrogen-bond acceptors (Lipinski definition) is 2. The minimum absolute atomic E-state index is 0.352. The lowest BCUT2D eigenvalue weighted by Gasteiger charge is -2.23. The van der Waals surface area contributed by atoms with Crippen LogP contribution in [0, 0.1) is 5.82 Å². The fourth-order valence-electron chi connectivity index (χ4n) is 2.04. The quantitative estimate of drug-likeness (QED) is 0.888. The number of hydrogen-bond donors (Lipinski definition) is 1. The molecule has 0 saturated heterocycles. The lowest BCUT2D eigenvalue weighted by Crippen LogP contribution is -2.25. The molecule has 1 N–H and O–H groups in total. The van der Waals surface area contributed by atoms with E-state index >= 15 is 0 Å². The summed E-state index contributed by atoms with van der Waals surface area (Å²) >= 11 is 1.68. The molecule has 0 spiro atoms. The van der Waals surface area contributed by atoms with E-state index in [9.17, 15) is 9.50 Å². The summed E-state index contributed by atoms with van der Waals surface area (Å²) in [6.07, 6.45) is 1.44. The molecule has 1 unspecified atom stereocenters. The van der Waals surface area contributed by atoms with Gasteiger partial charge in [0.15, 0.2) is 0 Å². The minimum atomic E-state index is -1.17. The maximum Gasteiger partial charge on any atom is 0.129 e. The second-order valence-corrected chi connectivity index (χ2v) is 5.90. The Morgan fingerprint density at radius 3 is 2.44 bits per heavy atom. The molecule has 1 heterocycles. The van der Waals surface area contributed by atoms with Gasteiger partial charge in [-0.3, -0.25) is 0 Å². The largest absolute Gasteiger partial charge is 0.385 e. The first-order valence-corrected chi connectivity index (χ1v) is 6.89. The molecule has 1 atom stereocenters. The average molecular weight is 264 g/mol. The van der Waals surface area contributed by atoms with E-state index in [4.69, 9.17) is 0 Å². The van der Waals surface area contributed by atoms with Gasteiger partial charge in [-0.1, -0.05) is 25.1 Å². The zero-order valence-electron chi connectivity index (χ0n) is 10.6. The fraction of sp³-hybridized carbons (Fsp3) is 0.333. The normalized spacial score (nSPS) is 14.4. The summed E-state index contributed by atoms with van der Waals surface area (Å²) in [4.78, 5) is 2.37. The molecule has 0 amide bonds. The summed E-state index contributed by atoms with van der Waals surface area (Å²) in [7, 11) is 0. The van der Waals surface area contributed by atoms with E-state index in [0.717, 1.165) is 11.3 Å². The molecule has 96 valence electrons. The van der Waals surface area contributed by atoms with Crippen molar-refractivity contribution in [1.29, 1.82) is 0 Å². The van der Waals surface area contributed by atoms with Crippen molar-refractivity contribution in [3.8, 4) is 0 Å². The number of rotatable bonds is 4. The molecule has 18 heavy (non-hydrogen) atoms. The number of halogens is 1. The minimum Gasteiger partial charge on any atom is -0.385 e. The van der Waals surface area contributed by atoms with E-state index in [0.29, 0.717) is 12.0 Å². The lowest BCUT2D eigenvalue weighted by molar-refractivity contribution is 0.0546. The summed E-state index contributed by atoms with van der Waals surface area (Å²) in [6.45, 7) is 3.77. The summed E-state index contributed by atoms with van der Waals surface area (Å²) in [5.74, 6) is -0.352. The molecule has 1 aromatic heterocycles. The van der Waals surface area contributed by atoms with Gasteiger partial charge in [0.25, 0.3) is 0 Å². The van der Waals surface area contributed by atoms with E-state index in [-0.39, 0.29) is 5.82 Å². The lowest BCUT2D eigenvalue weighted by atomic mass is 9.91. The third kappa shape index (κ3) is 2.79. The van der Waals surface area contributed by atoms with Crippen LogP contribution in [0.25, 0.3) is 0 Å². The van der Waals surface area contributed by atoms with Crippen molar-refractivity contribution in [3.63, 3.8) is 0 Å². The van der Waals surface area contributed by atoms with Crippen molar-refractivity contribution in [1.82, 2.24) is 0 Å². The molecular formula is C15H17FOS. The Balaban J connectivity index is 2.24. The van der Waals surface area contributed by atoms with Crippen LogP contribution in [-0.4, -0.2) is 5.11 Å². The molecule has 1 nitrogen and oxygen atoms in total. The molecule has 0 aliphatic heterocycles. The van der Waals surface area contributed by atoms with Gasteiger partial charge < -0.3 is 5.11 Å². The highest BCUT2D eigenvalue weighted by molar-refractivity contribution is 7.12. The van der Waals surface area contributed by atoms with Crippen molar-refractivity contribution in [2.24, 2.45) is 0 Å². The Kier molecular flexibility index (Phi) is 3.83. The Morgan fingerprint density at radius 1 is 1.17 bits per heavy atom. The van der Waals surface area contributed by atoms with Gasteiger partial charge in [0, 0.05) is 21.7 Å². The SMILES string of the molecule is CCc1ccc(CC(C)(O)c2ccccc2F)s1. The molecule has 0 bridgehead atoms. The van der Waals surface area contributed by atoms with Gasteiger partial charge in [0.1, 0.15) is 5.82 Å². The molecule has 2 aromatic rings. The molecule has 0 aliphatic rings. The van der Waals surface area contributed by atoms with Crippen LogP contribution in [0.5, 0.6) is 0 Å².